The average Bonchev–Trinajstić information content (AvgIpc) is 2.65. The second kappa shape index (κ2) is 3.91. The molecule has 0 amide bonds. The number of nitrogens with zero attached hydrogens (tertiary/aromatic N) is 1. The maximum atomic E-state index is 11.0. The van der Waals surface area contributed by atoms with Crippen LogP contribution >= 0.6 is 0 Å². The van der Waals surface area contributed by atoms with Gasteiger partial charge in [0.15, 0.2) is 11.1 Å². The Labute approximate surface area is 85.0 Å². The Morgan fingerprint density at radius 1 is 1.43 bits per heavy atom. The van der Waals surface area contributed by atoms with Crippen molar-refractivity contribution in [2.45, 2.75) is 12.5 Å². The van der Waals surface area contributed by atoms with Crippen LogP contribution in [-0.2, 0) is 15.3 Å². The predicted molar refractivity (Wildman–Crippen MR) is 52.6 cm³/mol. The summed E-state index contributed by atoms with van der Waals surface area (Å²) in [6.07, 6.45) is 0.724. The van der Waals surface area contributed by atoms with Gasteiger partial charge >= 0.3 is 0 Å². The molecule has 1 aliphatic rings. The van der Waals surface area contributed by atoms with Crippen molar-refractivity contribution in [2.24, 2.45) is 0 Å². The molecule has 3 nitrogen and oxygen atoms in total. The molecule has 1 aromatic rings. The quantitative estimate of drug-likeness (QED) is 0.704. The van der Waals surface area contributed by atoms with Crippen molar-refractivity contribution in [2.75, 3.05) is 5.75 Å². The van der Waals surface area contributed by atoms with Crippen molar-refractivity contribution in [3.63, 3.8) is 0 Å². The van der Waals surface area contributed by atoms with E-state index in [1.54, 1.807) is 12.1 Å². The van der Waals surface area contributed by atoms with Gasteiger partial charge in [-0.25, -0.2) is 4.21 Å². The molecule has 1 saturated heterocycles. The van der Waals surface area contributed by atoms with Gasteiger partial charge in [0.1, 0.15) is 6.10 Å². The molecular formula is C10H9NO2S. The number of hydrogen-bond donors (Lipinski definition) is 0. The molecule has 1 aromatic carbocycles. The number of rotatable bonds is 1. The summed E-state index contributed by atoms with van der Waals surface area (Å²) in [6, 6.07) is 9.26. The molecule has 0 aliphatic carbocycles. The first-order valence-corrected chi connectivity index (χ1v) is 5.59. The fourth-order valence-electron chi connectivity index (χ4n) is 1.42. The van der Waals surface area contributed by atoms with Gasteiger partial charge in [-0.2, -0.15) is 5.26 Å². The van der Waals surface area contributed by atoms with Gasteiger partial charge in [-0.15, -0.1) is 0 Å². The highest BCUT2D eigenvalue weighted by atomic mass is 32.2. The van der Waals surface area contributed by atoms with Crippen molar-refractivity contribution in [1.82, 2.24) is 0 Å². The molecule has 2 rings (SSSR count). The molecule has 1 heterocycles. The first-order valence-electron chi connectivity index (χ1n) is 4.35. The fraction of sp³-hybridized carbons (Fsp3) is 0.300. The largest absolute Gasteiger partial charge is 0.282 e. The van der Waals surface area contributed by atoms with E-state index in [1.165, 1.54) is 0 Å². The highest BCUT2D eigenvalue weighted by Gasteiger charge is 2.23. The molecule has 0 bridgehead atoms. The fourth-order valence-corrected chi connectivity index (χ4v) is 2.39. The van der Waals surface area contributed by atoms with Crippen LogP contribution in [0.1, 0.15) is 23.7 Å². The Balaban J connectivity index is 2.18. The molecule has 0 radical (unpaired) electrons. The smallest absolute Gasteiger partial charge is 0.156 e. The van der Waals surface area contributed by atoms with Crippen LogP contribution in [0.15, 0.2) is 24.3 Å². The summed E-state index contributed by atoms with van der Waals surface area (Å²) >= 11 is -1.13. The SMILES string of the molecule is N#Cc1ccc(C2CCS(=O)O2)cc1. The van der Waals surface area contributed by atoms with E-state index in [9.17, 15) is 4.21 Å². The zero-order valence-electron chi connectivity index (χ0n) is 7.47. The summed E-state index contributed by atoms with van der Waals surface area (Å²) < 4.78 is 16.2. The maximum Gasteiger partial charge on any atom is 0.156 e. The van der Waals surface area contributed by atoms with Crippen molar-refractivity contribution >= 4 is 11.1 Å². The molecule has 72 valence electrons. The zero-order chi connectivity index (χ0) is 9.97. The Bertz CT molecular complexity index is 394. The summed E-state index contributed by atoms with van der Waals surface area (Å²) in [5, 5.41) is 8.61. The van der Waals surface area contributed by atoms with E-state index in [2.05, 4.69) is 6.07 Å². The summed E-state index contributed by atoms with van der Waals surface area (Å²) in [5.41, 5.74) is 1.63. The molecular weight excluding hydrogens is 198 g/mol. The van der Waals surface area contributed by atoms with Crippen LogP contribution in [0.3, 0.4) is 0 Å². The second-order valence-electron chi connectivity index (χ2n) is 3.12. The molecule has 1 fully saturated rings. The van der Waals surface area contributed by atoms with Gasteiger partial charge in [-0.3, -0.25) is 4.18 Å². The first kappa shape index (κ1) is 9.38. The van der Waals surface area contributed by atoms with E-state index < -0.39 is 11.1 Å². The zero-order valence-corrected chi connectivity index (χ0v) is 8.29. The van der Waals surface area contributed by atoms with Crippen LogP contribution in [-0.4, -0.2) is 9.96 Å². The van der Waals surface area contributed by atoms with Gasteiger partial charge < -0.3 is 0 Å². The molecule has 0 saturated carbocycles. The Morgan fingerprint density at radius 3 is 2.64 bits per heavy atom. The van der Waals surface area contributed by atoms with Crippen molar-refractivity contribution in [3.05, 3.63) is 35.4 Å². The summed E-state index contributed by atoms with van der Waals surface area (Å²) in [4.78, 5) is 0. The number of hydrogen-bond acceptors (Lipinski definition) is 3. The number of nitriles is 1. The number of benzene rings is 1. The minimum Gasteiger partial charge on any atom is -0.282 e. The van der Waals surface area contributed by atoms with E-state index in [0.717, 1.165) is 12.0 Å². The van der Waals surface area contributed by atoms with Crippen LogP contribution in [0.5, 0.6) is 0 Å². The van der Waals surface area contributed by atoms with E-state index >= 15 is 0 Å². The van der Waals surface area contributed by atoms with Gasteiger partial charge in [-0.1, -0.05) is 12.1 Å². The lowest BCUT2D eigenvalue weighted by Crippen LogP contribution is -1.95. The molecule has 0 spiro atoms. The standard InChI is InChI=1S/C10H9NO2S/c11-7-8-1-3-9(4-2-8)10-5-6-14(12)13-10/h1-4,10H,5-6H2. The summed E-state index contributed by atoms with van der Waals surface area (Å²) in [7, 11) is 0. The molecule has 0 N–H and O–H groups in total. The maximum absolute atomic E-state index is 11.0. The van der Waals surface area contributed by atoms with Gasteiger partial charge in [0, 0.05) is 0 Å². The third-order valence-corrected chi connectivity index (χ3v) is 3.20. The molecule has 1 aliphatic heterocycles. The highest BCUT2D eigenvalue weighted by Crippen LogP contribution is 2.28. The lowest BCUT2D eigenvalue weighted by molar-refractivity contribution is 0.257. The molecule has 4 heteroatoms. The molecule has 2 unspecified atom stereocenters. The lowest BCUT2D eigenvalue weighted by Gasteiger charge is -2.06. The monoisotopic (exact) mass is 207 g/mol. The molecule has 14 heavy (non-hydrogen) atoms. The summed E-state index contributed by atoms with van der Waals surface area (Å²) in [5.74, 6) is 0.602. The second-order valence-corrected chi connectivity index (χ2v) is 4.32. The topological polar surface area (TPSA) is 50.1 Å². The van der Waals surface area contributed by atoms with Crippen LogP contribution in [0.25, 0.3) is 0 Å². The molecule has 2 atom stereocenters. The van der Waals surface area contributed by atoms with Crippen molar-refractivity contribution in [3.8, 4) is 6.07 Å². The molecule has 0 aromatic heterocycles. The Hall–Kier alpha value is -1.18. The normalized spacial score (nSPS) is 25.9. The van der Waals surface area contributed by atoms with E-state index in [4.69, 9.17) is 9.44 Å². The van der Waals surface area contributed by atoms with Crippen LogP contribution in [0.2, 0.25) is 0 Å². The minimum atomic E-state index is -1.13. The lowest BCUT2D eigenvalue weighted by atomic mass is 10.1. The third-order valence-electron chi connectivity index (χ3n) is 2.18. The van der Waals surface area contributed by atoms with E-state index in [1.807, 2.05) is 12.1 Å². The van der Waals surface area contributed by atoms with Gasteiger partial charge in [0.2, 0.25) is 0 Å². The van der Waals surface area contributed by atoms with Crippen molar-refractivity contribution in [1.29, 1.82) is 5.26 Å². The van der Waals surface area contributed by atoms with Crippen LogP contribution < -0.4 is 0 Å². The van der Waals surface area contributed by atoms with Crippen molar-refractivity contribution < 1.29 is 8.39 Å². The van der Waals surface area contributed by atoms with E-state index in [-0.39, 0.29) is 6.10 Å². The minimum absolute atomic E-state index is 0.0661. The van der Waals surface area contributed by atoms with E-state index in [0.29, 0.717) is 11.3 Å². The van der Waals surface area contributed by atoms with Crippen LogP contribution in [0, 0.1) is 11.3 Å². The average molecular weight is 207 g/mol. The third kappa shape index (κ3) is 1.84. The van der Waals surface area contributed by atoms with Crippen LogP contribution in [0.4, 0.5) is 0 Å². The summed E-state index contributed by atoms with van der Waals surface area (Å²) in [6.45, 7) is 0. The van der Waals surface area contributed by atoms with Gasteiger partial charge in [0.05, 0.1) is 17.4 Å². The Morgan fingerprint density at radius 2 is 2.14 bits per heavy atom. The van der Waals surface area contributed by atoms with Gasteiger partial charge in [-0.05, 0) is 24.1 Å². The van der Waals surface area contributed by atoms with Gasteiger partial charge in [0.25, 0.3) is 0 Å². The first-order chi connectivity index (χ1) is 6.79. The highest BCUT2D eigenvalue weighted by molar-refractivity contribution is 7.80. The predicted octanol–water partition coefficient (Wildman–Crippen LogP) is 1.68. The Kier molecular flexibility index (Phi) is 2.62.